The van der Waals surface area contributed by atoms with Gasteiger partial charge in [-0.2, -0.15) is 0 Å². The molecule has 0 bridgehead atoms. The zero-order valence-electron chi connectivity index (χ0n) is 8.34. The quantitative estimate of drug-likeness (QED) is 0.829. The van der Waals surface area contributed by atoms with Crippen LogP contribution in [0.4, 0.5) is 0 Å². The second-order valence-electron chi connectivity index (χ2n) is 3.47. The van der Waals surface area contributed by atoms with Crippen LogP contribution in [0.1, 0.15) is 23.7 Å². The number of aromatic nitrogens is 1. The minimum Gasteiger partial charge on any atom is -0.472 e. The van der Waals surface area contributed by atoms with Crippen LogP contribution in [0.5, 0.6) is 0 Å². The summed E-state index contributed by atoms with van der Waals surface area (Å²) in [6, 6.07) is 5.71. The number of aliphatic hydroxyl groups is 1. The van der Waals surface area contributed by atoms with E-state index in [1.54, 1.807) is 31.0 Å². The molecule has 2 aromatic rings. The van der Waals surface area contributed by atoms with E-state index < -0.39 is 6.10 Å². The lowest BCUT2D eigenvalue weighted by Gasteiger charge is -2.07. The summed E-state index contributed by atoms with van der Waals surface area (Å²) in [5.74, 6) is 0. The summed E-state index contributed by atoms with van der Waals surface area (Å²) in [5, 5.41) is 9.80. The van der Waals surface area contributed by atoms with Crippen LogP contribution in [0.25, 0.3) is 0 Å². The number of aryl methyl sites for hydroxylation is 1. The van der Waals surface area contributed by atoms with Crippen molar-refractivity contribution >= 4 is 0 Å². The lowest BCUT2D eigenvalue weighted by Crippen LogP contribution is -1.98. The Hall–Kier alpha value is -1.61. The molecule has 0 fully saturated rings. The standard InChI is InChI=1S/C12H13NO2/c14-12(11-5-8-15-9-11)2-1-10-3-6-13-7-4-10/h3-9,12,14H,1-2H2. The molecule has 0 aliphatic carbocycles. The number of pyridine rings is 1. The molecular weight excluding hydrogens is 190 g/mol. The molecule has 0 spiro atoms. The molecule has 78 valence electrons. The highest BCUT2D eigenvalue weighted by molar-refractivity contribution is 5.13. The van der Waals surface area contributed by atoms with Gasteiger partial charge in [0.25, 0.3) is 0 Å². The monoisotopic (exact) mass is 203 g/mol. The lowest BCUT2D eigenvalue weighted by atomic mass is 10.0. The zero-order valence-corrected chi connectivity index (χ0v) is 8.34. The van der Waals surface area contributed by atoms with Crippen LogP contribution in [0.3, 0.4) is 0 Å². The molecule has 0 aromatic carbocycles. The van der Waals surface area contributed by atoms with E-state index >= 15 is 0 Å². The number of hydrogen-bond donors (Lipinski definition) is 1. The average Bonchev–Trinajstić information content (AvgIpc) is 2.81. The van der Waals surface area contributed by atoms with Crippen molar-refractivity contribution in [3.8, 4) is 0 Å². The van der Waals surface area contributed by atoms with E-state index in [0.29, 0.717) is 6.42 Å². The van der Waals surface area contributed by atoms with Gasteiger partial charge in [-0.05, 0) is 36.6 Å². The summed E-state index contributed by atoms with van der Waals surface area (Å²) in [7, 11) is 0. The number of rotatable bonds is 4. The zero-order chi connectivity index (χ0) is 10.5. The molecule has 0 radical (unpaired) electrons. The first-order chi connectivity index (χ1) is 7.36. The van der Waals surface area contributed by atoms with Crippen molar-refractivity contribution in [2.75, 3.05) is 0 Å². The molecule has 0 aliphatic rings. The number of hydrogen-bond acceptors (Lipinski definition) is 3. The van der Waals surface area contributed by atoms with Gasteiger partial charge in [0.2, 0.25) is 0 Å². The van der Waals surface area contributed by atoms with E-state index in [0.717, 1.165) is 12.0 Å². The van der Waals surface area contributed by atoms with Crippen LogP contribution in [-0.2, 0) is 6.42 Å². The van der Waals surface area contributed by atoms with Gasteiger partial charge in [0.05, 0.1) is 18.6 Å². The third-order valence-electron chi connectivity index (χ3n) is 2.38. The van der Waals surface area contributed by atoms with Crippen LogP contribution in [0.2, 0.25) is 0 Å². The Morgan fingerprint density at radius 2 is 2.07 bits per heavy atom. The Bertz CT molecular complexity index is 383. The van der Waals surface area contributed by atoms with Gasteiger partial charge in [-0.3, -0.25) is 4.98 Å². The Morgan fingerprint density at radius 1 is 1.27 bits per heavy atom. The van der Waals surface area contributed by atoms with Crippen molar-refractivity contribution in [3.05, 3.63) is 54.2 Å². The molecule has 0 aliphatic heterocycles. The summed E-state index contributed by atoms with van der Waals surface area (Å²) in [6.07, 6.45) is 7.77. The minimum atomic E-state index is -0.447. The van der Waals surface area contributed by atoms with Gasteiger partial charge in [0, 0.05) is 18.0 Å². The summed E-state index contributed by atoms with van der Waals surface area (Å²) in [4.78, 5) is 3.94. The predicted molar refractivity (Wildman–Crippen MR) is 56.2 cm³/mol. The van der Waals surface area contributed by atoms with E-state index in [4.69, 9.17) is 4.42 Å². The van der Waals surface area contributed by atoms with Crippen molar-refractivity contribution in [3.63, 3.8) is 0 Å². The molecule has 3 nitrogen and oxygen atoms in total. The summed E-state index contributed by atoms with van der Waals surface area (Å²) in [6.45, 7) is 0. The lowest BCUT2D eigenvalue weighted by molar-refractivity contribution is 0.167. The van der Waals surface area contributed by atoms with E-state index in [9.17, 15) is 5.11 Å². The van der Waals surface area contributed by atoms with E-state index in [1.807, 2.05) is 12.1 Å². The fourth-order valence-corrected chi connectivity index (χ4v) is 1.48. The summed E-state index contributed by atoms with van der Waals surface area (Å²) in [5.41, 5.74) is 2.02. The van der Waals surface area contributed by atoms with Gasteiger partial charge >= 0.3 is 0 Å². The van der Waals surface area contributed by atoms with Crippen molar-refractivity contribution in [1.82, 2.24) is 4.98 Å². The Balaban J connectivity index is 1.89. The summed E-state index contributed by atoms with van der Waals surface area (Å²) < 4.78 is 4.92. The second kappa shape index (κ2) is 4.75. The topological polar surface area (TPSA) is 46.3 Å². The van der Waals surface area contributed by atoms with E-state index in [1.165, 1.54) is 5.56 Å². The molecule has 15 heavy (non-hydrogen) atoms. The third-order valence-corrected chi connectivity index (χ3v) is 2.38. The van der Waals surface area contributed by atoms with Crippen LogP contribution in [-0.4, -0.2) is 10.1 Å². The molecule has 2 heterocycles. The molecule has 3 heteroatoms. The fraction of sp³-hybridized carbons (Fsp3) is 0.250. The number of furan rings is 1. The maximum Gasteiger partial charge on any atom is 0.0960 e. The Labute approximate surface area is 88.4 Å². The van der Waals surface area contributed by atoms with E-state index in [-0.39, 0.29) is 0 Å². The molecular formula is C12H13NO2. The molecule has 2 aromatic heterocycles. The maximum atomic E-state index is 9.80. The first kappa shape index (κ1) is 9.93. The highest BCUT2D eigenvalue weighted by atomic mass is 16.3. The highest BCUT2D eigenvalue weighted by Gasteiger charge is 2.08. The average molecular weight is 203 g/mol. The van der Waals surface area contributed by atoms with Gasteiger partial charge < -0.3 is 9.52 Å². The smallest absolute Gasteiger partial charge is 0.0960 e. The SMILES string of the molecule is OC(CCc1ccncc1)c1ccoc1. The van der Waals surface area contributed by atoms with Crippen LogP contribution in [0.15, 0.2) is 47.5 Å². The number of nitrogens with zero attached hydrogens (tertiary/aromatic N) is 1. The van der Waals surface area contributed by atoms with Gasteiger partial charge in [-0.25, -0.2) is 0 Å². The van der Waals surface area contributed by atoms with Gasteiger partial charge in [-0.1, -0.05) is 0 Å². The first-order valence-electron chi connectivity index (χ1n) is 4.95. The minimum absolute atomic E-state index is 0.447. The van der Waals surface area contributed by atoms with Crippen molar-refractivity contribution in [2.45, 2.75) is 18.9 Å². The van der Waals surface area contributed by atoms with Gasteiger partial charge in [0.1, 0.15) is 0 Å². The normalized spacial score (nSPS) is 12.6. The highest BCUT2D eigenvalue weighted by Crippen LogP contribution is 2.18. The van der Waals surface area contributed by atoms with Crippen LogP contribution >= 0.6 is 0 Å². The molecule has 1 unspecified atom stereocenters. The first-order valence-corrected chi connectivity index (χ1v) is 4.95. The predicted octanol–water partition coefficient (Wildman–Crippen LogP) is 2.34. The molecule has 0 amide bonds. The summed E-state index contributed by atoms with van der Waals surface area (Å²) >= 11 is 0. The Morgan fingerprint density at radius 3 is 2.73 bits per heavy atom. The fourth-order valence-electron chi connectivity index (χ4n) is 1.48. The van der Waals surface area contributed by atoms with Crippen molar-refractivity contribution in [2.24, 2.45) is 0 Å². The molecule has 2 rings (SSSR count). The van der Waals surface area contributed by atoms with Gasteiger partial charge in [0.15, 0.2) is 0 Å². The maximum absolute atomic E-state index is 9.80. The van der Waals surface area contributed by atoms with E-state index in [2.05, 4.69) is 4.98 Å². The van der Waals surface area contributed by atoms with Crippen LogP contribution < -0.4 is 0 Å². The molecule has 0 saturated heterocycles. The molecule has 1 N–H and O–H groups in total. The second-order valence-corrected chi connectivity index (χ2v) is 3.47. The number of aliphatic hydroxyl groups excluding tert-OH is 1. The van der Waals surface area contributed by atoms with Crippen LogP contribution in [0, 0.1) is 0 Å². The van der Waals surface area contributed by atoms with Gasteiger partial charge in [-0.15, -0.1) is 0 Å². The van der Waals surface area contributed by atoms with Crippen molar-refractivity contribution in [1.29, 1.82) is 0 Å². The largest absolute Gasteiger partial charge is 0.472 e. The Kier molecular flexibility index (Phi) is 3.15. The van der Waals surface area contributed by atoms with Crippen molar-refractivity contribution < 1.29 is 9.52 Å². The molecule has 1 atom stereocenters. The molecule has 0 saturated carbocycles. The third kappa shape index (κ3) is 2.67.